The summed E-state index contributed by atoms with van der Waals surface area (Å²) in [5, 5.41) is 15.5. The van der Waals surface area contributed by atoms with Crippen molar-refractivity contribution in [3.05, 3.63) is 11.3 Å². The van der Waals surface area contributed by atoms with E-state index < -0.39 is 11.5 Å². The zero-order chi connectivity index (χ0) is 14.8. The number of carbonyl (C=O) groups is 2. The molecule has 1 amide bonds. The Bertz CT molecular complexity index is 521. The number of anilines is 1. The molecule has 1 aliphatic rings. The molecule has 0 radical (unpaired) electrons. The van der Waals surface area contributed by atoms with Gasteiger partial charge in [0, 0.05) is 0 Å². The van der Waals surface area contributed by atoms with Crippen molar-refractivity contribution in [2.45, 2.75) is 45.1 Å². The molecule has 0 spiro atoms. The van der Waals surface area contributed by atoms with Gasteiger partial charge >= 0.3 is 5.97 Å². The van der Waals surface area contributed by atoms with Gasteiger partial charge in [-0.1, -0.05) is 13.3 Å². The lowest BCUT2D eigenvalue weighted by atomic mass is 9.91. The number of hydrogen-bond donors (Lipinski definition) is 3. The summed E-state index contributed by atoms with van der Waals surface area (Å²) in [4.78, 5) is 23.7. The molecule has 20 heavy (non-hydrogen) atoms. The minimum atomic E-state index is -1.06. The normalized spacial score (nSPS) is 21.9. The standard InChI is InChI=1S/C13H19N3O3S/c1-3-5-13(6-4-7-14-13)12(19)15-10-9(11(17)18)8(2)16-20-10/h14H,3-7H2,1-2H3,(H,15,19)(H,17,18). The summed E-state index contributed by atoms with van der Waals surface area (Å²) in [6.45, 7) is 4.49. The van der Waals surface area contributed by atoms with E-state index in [1.165, 1.54) is 0 Å². The van der Waals surface area contributed by atoms with Gasteiger partial charge in [-0.05, 0) is 44.3 Å². The third-order valence-electron chi connectivity index (χ3n) is 3.66. The molecule has 0 bridgehead atoms. The molecule has 1 unspecified atom stereocenters. The molecule has 1 aromatic rings. The monoisotopic (exact) mass is 297 g/mol. The predicted molar refractivity (Wildman–Crippen MR) is 77.3 cm³/mol. The first-order valence-electron chi connectivity index (χ1n) is 6.76. The van der Waals surface area contributed by atoms with E-state index in [4.69, 9.17) is 0 Å². The highest BCUT2D eigenvalue weighted by molar-refractivity contribution is 7.11. The summed E-state index contributed by atoms with van der Waals surface area (Å²) in [5.74, 6) is -1.21. The van der Waals surface area contributed by atoms with Crippen LogP contribution in [0, 0.1) is 6.92 Å². The third kappa shape index (κ3) is 2.69. The first kappa shape index (κ1) is 14.9. The second-order valence-electron chi connectivity index (χ2n) is 5.09. The molecule has 6 nitrogen and oxygen atoms in total. The zero-order valence-electron chi connectivity index (χ0n) is 11.7. The van der Waals surface area contributed by atoms with Gasteiger partial charge in [-0.3, -0.25) is 4.79 Å². The second kappa shape index (κ2) is 5.88. The van der Waals surface area contributed by atoms with Crippen LogP contribution in [-0.2, 0) is 4.79 Å². The van der Waals surface area contributed by atoms with Gasteiger partial charge in [-0.15, -0.1) is 0 Å². The minimum absolute atomic E-state index is 0.0907. The average molecular weight is 297 g/mol. The summed E-state index contributed by atoms with van der Waals surface area (Å²) in [6.07, 6.45) is 3.39. The van der Waals surface area contributed by atoms with Gasteiger partial charge in [0.1, 0.15) is 10.6 Å². The van der Waals surface area contributed by atoms with Gasteiger partial charge in [0.15, 0.2) is 0 Å². The van der Waals surface area contributed by atoms with Crippen molar-refractivity contribution < 1.29 is 14.7 Å². The van der Waals surface area contributed by atoms with E-state index in [2.05, 4.69) is 15.0 Å². The number of aromatic carboxylic acids is 1. The van der Waals surface area contributed by atoms with Crippen LogP contribution in [0.4, 0.5) is 5.00 Å². The Morgan fingerprint density at radius 3 is 2.85 bits per heavy atom. The summed E-state index contributed by atoms with van der Waals surface area (Å²) < 4.78 is 4.01. The van der Waals surface area contributed by atoms with E-state index in [1.54, 1.807) is 6.92 Å². The fourth-order valence-corrected chi connectivity index (χ4v) is 3.47. The Kier molecular flexibility index (Phi) is 4.39. The number of nitrogens with one attached hydrogen (secondary N) is 2. The van der Waals surface area contributed by atoms with Crippen LogP contribution in [-0.4, -0.2) is 33.4 Å². The maximum Gasteiger partial charge on any atom is 0.340 e. The van der Waals surface area contributed by atoms with Crippen LogP contribution < -0.4 is 10.6 Å². The number of rotatable bonds is 5. The van der Waals surface area contributed by atoms with Crippen LogP contribution in [0.15, 0.2) is 0 Å². The topological polar surface area (TPSA) is 91.3 Å². The summed E-state index contributed by atoms with van der Waals surface area (Å²) in [7, 11) is 0. The van der Waals surface area contributed by atoms with Crippen LogP contribution in [0.5, 0.6) is 0 Å². The Labute approximate surface area is 121 Å². The molecule has 1 atom stereocenters. The van der Waals surface area contributed by atoms with Crippen LogP contribution in [0.1, 0.15) is 48.7 Å². The lowest BCUT2D eigenvalue weighted by Crippen LogP contribution is -2.50. The number of carboxylic acids is 1. The van der Waals surface area contributed by atoms with Crippen LogP contribution in [0.25, 0.3) is 0 Å². The fraction of sp³-hybridized carbons (Fsp3) is 0.615. The highest BCUT2D eigenvalue weighted by atomic mass is 32.1. The summed E-state index contributed by atoms with van der Waals surface area (Å²) in [6, 6.07) is 0. The van der Waals surface area contributed by atoms with Crippen molar-refractivity contribution in [2.24, 2.45) is 0 Å². The number of carbonyl (C=O) groups excluding carboxylic acids is 1. The maximum absolute atomic E-state index is 12.5. The Hall–Kier alpha value is -1.47. The largest absolute Gasteiger partial charge is 0.478 e. The zero-order valence-corrected chi connectivity index (χ0v) is 12.5. The number of hydrogen-bond acceptors (Lipinski definition) is 5. The van der Waals surface area contributed by atoms with Crippen molar-refractivity contribution in [2.75, 3.05) is 11.9 Å². The summed E-state index contributed by atoms with van der Waals surface area (Å²) in [5.41, 5.74) is -0.0442. The molecule has 1 saturated heterocycles. The maximum atomic E-state index is 12.5. The van der Waals surface area contributed by atoms with Gasteiger partial charge in [-0.2, -0.15) is 4.37 Å². The Morgan fingerprint density at radius 2 is 2.30 bits per heavy atom. The van der Waals surface area contributed by atoms with Crippen molar-refractivity contribution in [1.29, 1.82) is 0 Å². The molecule has 1 fully saturated rings. The van der Waals surface area contributed by atoms with Gasteiger partial charge in [0.25, 0.3) is 0 Å². The molecular weight excluding hydrogens is 278 g/mol. The van der Waals surface area contributed by atoms with E-state index in [9.17, 15) is 14.7 Å². The average Bonchev–Trinajstić information content (AvgIpc) is 2.98. The SMILES string of the molecule is CCCC1(C(=O)Nc2snc(C)c2C(=O)O)CCCN1. The number of aryl methyl sites for hydroxylation is 1. The van der Waals surface area contributed by atoms with Gasteiger partial charge in [0.05, 0.1) is 11.2 Å². The number of nitrogens with zero attached hydrogens (tertiary/aromatic N) is 1. The smallest absolute Gasteiger partial charge is 0.340 e. The van der Waals surface area contributed by atoms with Gasteiger partial charge in [-0.25, -0.2) is 4.79 Å². The molecule has 2 heterocycles. The van der Waals surface area contributed by atoms with Crippen LogP contribution >= 0.6 is 11.5 Å². The lowest BCUT2D eigenvalue weighted by molar-refractivity contribution is -0.122. The van der Waals surface area contributed by atoms with Crippen LogP contribution in [0.2, 0.25) is 0 Å². The van der Waals surface area contributed by atoms with E-state index in [0.29, 0.717) is 10.7 Å². The minimum Gasteiger partial charge on any atom is -0.478 e. The molecular formula is C13H19N3O3S. The number of amides is 1. The predicted octanol–water partition coefficient (Wildman–Crippen LogP) is 2.01. The molecule has 110 valence electrons. The molecule has 7 heteroatoms. The van der Waals surface area contributed by atoms with E-state index in [0.717, 1.165) is 43.8 Å². The van der Waals surface area contributed by atoms with E-state index in [-0.39, 0.29) is 11.5 Å². The molecule has 1 aromatic heterocycles. The van der Waals surface area contributed by atoms with E-state index >= 15 is 0 Å². The quantitative estimate of drug-likeness (QED) is 0.773. The highest BCUT2D eigenvalue weighted by Gasteiger charge is 2.40. The number of carboxylic acid groups (broad SMARTS) is 1. The Balaban J connectivity index is 2.21. The third-order valence-corrected chi connectivity index (χ3v) is 4.51. The van der Waals surface area contributed by atoms with Crippen LogP contribution in [0.3, 0.4) is 0 Å². The molecule has 0 aromatic carbocycles. The summed E-state index contributed by atoms with van der Waals surface area (Å²) >= 11 is 1.02. The first-order valence-corrected chi connectivity index (χ1v) is 7.53. The fourth-order valence-electron chi connectivity index (χ4n) is 2.68. The Morgan fingerprint density at radius 1 is 1.55 bits per heavy atom. The molecule has 2 rings (SSSR count). The van der Waals surface area contributed by atoms with Crippen molar-refractivity contribution in [3.8, 4) is 0 Å². The van der Waals surface area contributed by atoms with Gasteiger partial charge < -0.3 is 15.7 Å². The molecule has 0 saturated carbocycles. The van der Waals surface area contributed by atoms with Crippen molar-refractivity contribution in [3.63, 3.8) is 0 Å². The van der Waals surface area contributed by atoms with Crippen molar-refractivity contribution in [1.82, 2.24) is 9.69 Å². The van der Waals surface area contributed by atoms with Gasteiger partial charge in [0.2, 0.25) is 5.91 Å². The highest BCUT2D eigenvalue weighted by Crippen LogP contribution is 2.29. The first-order chi connectivity index (χ1) is 9.50. The molecule has 0 aliphatic carbocycles. The second-order valence-corrected chi connectivity index (χ2v) is 5.87. The molecule has 1 aliphatic heterocycles. The van der Waals surface area contributed by atoms with E-state index in [1.807, 2.05) is 6.92 Å². The molecule has 3 N–H and O–H groups in total. The lowest BCUT2D eigenvalue weighted by Gasteiger charge is -2.27. The van der Waals surface area contributed by atoms with Crippen molar-refractivity contribution >= 4 is 28.4 Å². The number of aromatic nitrogens is 1.